The molecule has 2 aromatic carbocycles. The Morgan fingerprint density at radius 3 is 2.57 bits per heavy atom. The molecule has 0 saturated carbocycles. The van der Waals surface area contributed by atoms with Crippen molar-refractivity contribution in [2.24, 2.45) is 0 Å². The van der Waals surface area contributed by atoms with Gasteiger partial charge in [-0.2, -0.15) is 0 Å². The SMILES string of the molecule is Cc1cc(NC(=O)C(C)(NC(=O)Oc2ccc(Cl)s2)c2ccccc2)ccc1N1CCOCC1=O. The Kier molecular flexibility index (Phi) is 7.39. The molecular weight excluding hydrogens is 490 g/mol. The van der Waals surface area contributed by atoms with Crippen molar-refractivity contribution in [2.45, 2.75) is 19.4 Å². The summed E-state index contributed by atoms with van der Waals surface area (Å²) in [6.07, 6.45) is -0.789. The van der Waals surface area contributed by atoms with Crippen molar-refractivity contribution < 1.29 is 23.9 Å². The fourth-order valence-corrected chi connectivity index (χ4v) is 4.64. The summed E-state index contributed by atoms with van der Waals surface area (Å²) in [7, 11) is 0. The monoisotopic (exact) mass is 513 g/mol. The van der Waals surface area contributed by atoms with Gasteiger partial charge in [0.2, 0.25) is 0 Å². The minimum atomic E-state index is -1.44. The number of rotatable bonds is 6. The maximum atomic E-state index is 13.5. The van der Waals surface area contributed by atoms with Crippen LogP contribution in [-0.2, 0) is 19.9 Å². The van der Waals surface area contributed by atoms with Gasteiger partial charge in [0.05, 0.1) is 10.9 Å². The number of aryl methyl sites for hydroxylation is 1. The summed E-state index contributed by atoms with van der Waals surface area (Å²) in [5.41, 5.74) is 1.25. The molecule has 35 heavy (non-hydrogen) atoms. The van der Waals surface area contributed by atoms with Crippen LogP contribution in [0.5, 0.6) is 5.06 Å². The van der Waals surface area contributed by atoms with Gasteiger partial charge in [0.1, 0.15) is 12.1 Å². The van der Waals surface area contributed by atoms with E-state index >= 15 is 0 Å². The van der Waals surface area contributed by atoms with E-state index < -0.39 is 17.5 Å². The molecule has 1 atom stereocenters. The Labute approximate surface area is 211 Å². The van der Waals surface area contributed by atoms with Crippen molar-refractivity contribution in [2.75, 3.05) is 30.0 Å². The lowest BCUT2D eigenvalue weighted by Crippen LogP contribution is -2.52. The van der Waals surface area contributed by atoms with E-state index in [1.807, 2.05) is 13.0 Å². The summed E-state index contributed by atoms with van der Waals surface area (Å²) >= 11 is 7.02. The molecule has 1 aliphatic rings. The summed E-state index contributed by atoms with van der Waals surface area (Å²) in [6, 6.07) is 17.4. The third kappa shape index (κ3) is 5.64. The van der Waals surface area contributed by atoms with Gasteiger partial charge in [-0.25, -0.2) is 4.79 Å². The van der Waals surface area contributed by atoms with Crippen LogP contribution in [-0.4, -0.2) is 37.7 Å². The van der Waals surface area contributed by atoms with Gasteiger partial charge < -0.3 is 25.0 Å². The molecule has 2 N–H and O–H groups in total. The molecule has 3 aromatic rings. The Balaban J connectivity index is 1.55. The van der Waals surface area contributed by atoms with Gasteiger partial charge in [0, 0.05) is 17.9 Å². The highest BCUT2D eigenvalue weighted by molar-refractivity contribution is 7.17. The first-order valence-corrected chi connectivity index (χ1v) is 12.1. The number of hydrogen-bond donors (Lipinski definition) is 2. The molecule has 0 radical (unpaired) electrons. The molecule has 0 bridgehead atoms. The molecule has 2 heterocycles. The number of benzene rings is 2. The van der Waals surface area contributed by atoms with Gasteiger partial charge >= 0.3 is 6.09 Å². The van der Waals surface area contributed by atoms with Crippen LogP contribution in [0.15, 0.2) is 60.7 Å². The number of nitrogens with zero attached hydrogens (tertiary/aromatic N) is 1. The number of amides is 3. The fraction of sp³-hybridized carbons (Fsp3) is 0.240. The molecule has 1 aromatic heterocycles. The van der Waals surface area contributed by atoms with Gasteiger partial charge in [-0.1, -0.05) is 53.3 Å². The Morgan fingerprint density at radius 2 is 1.91 bits per heavy atom. The van der Waals surface area contributed by atoms with Crippen LogP contribution < -0.4 is 20.3 Å². The smallest absolute Gasteiger partial charge is 0.399 e. The predicted molar refractivity (Wildman–Crippen MR) is 135 cm³/mol. The summed E-state index contributed by atoms with van der Waals surface area (Å²) in [5, 5.41) is 5.89. The first-order chi connectivity index (χ1) is 16.8. The number of ether oxygens (including phenoxy) is 2. The first-order valence-electron chi connectivity index (χ1n) is 10.9. The van der Waals surface area contributed by atoms with Gasteiger partial charge in [-0.05, 0) is 55.3 Å². The van der Waals surface area contributed by atoms with Crippen LogP contribution >= 0.6 is 22.9 Å². The number of nitrogens with one attached hydrogen (secondary N) is 2. The Morgan fingerprint density at radius 1 is 1.14 bits per heavy atom. The Hall–Kier alpha value is -3.40. The summed E-state index contributed by atoms with van der Waals surface area (Å²) in [5.74, 6) is -0.568. The summed E-state index contributed by atoms with van der Waals surface area (Å²) in [6.45, 7) is 4.46. The standard InChI is InChI=1S/C25H24ClN3O5S/c1-16-14-18(8-9-19(16)29-12-13-33-15-21(29)30)27-23(31)25(2,17-6-4-3-5-7-17)28-24(32)34-22-11-10-20(26)35-22/h3-11,14H,12-13,15H2,1-2H3,(H,27,31)(H,28,32). The lowest BCUT2D eigenvalue weighted by atomic mass is 9.91. The van der Waals surface area contributed by atoms with Gasteiger partial charge in [0.25, 0.3) is 11.8 Å². The maximum absolute atomic E-state index is 13.5. The van der Waals surface area contributed by atoms with Crippen molar-refractivity contribution in [3.63, 3.8) is 0 Å². The van der Waals surface area contributed by atoms with Crippen LogP contribution in [0.2, 0.25) is 4.34 Å². The quantitative estimate of drug-likeness (QED) is 0.497. The normalized spacial score (nSPS) is 15.3. The molecule has 1 aliphatic heterocycles. The average Bonchev–Trinajstić information content (AvgIpc) is 3.24. The van der Waals surface area contributed by atoms with E-state index in [0.29, 0.717) is 33.8 Å². The van der Waals surface area contributed by atoms with Crippen LogP contribution in [0, 0.1) is 6.92 Å². The summed E-state index contributed by atoms with van der Waals surface area (Å²) in [4.78, 5) is 40.0. The zero-order valence-electron chi connectivity index (χ0n) is 19.2. The third-order valence-corrected chi connectivity index (χ3v) is 6.74. The molecule has 1 saturated heterocycles. The molecule has 4 rings (SSSR count). The van der Waals surface area contributed by atoms with Crippen LogP contribution in [0.25, 0.3) is 0 Å². The lowest BCUT2D eigenvalue weighted by molar-refractivity contribution is -0.125. The minimum absolute atomic E-state index is 0.0484. The largest absolute Gasteiger partial charge is 0.414 e. The zero-order valence-corrected chi connectivity index (χ0v) is 20.7. The minimum Gasteiger partial charge on any atom is -0.399 e. The van der Waals surface area contributed by atoms with Crippen molar-refractivity contribution >= 4 is 52.2 Å². The highest BCUT2D eigenvalue weighted by Gasteiger charge is 2.38. The molecule has 10 heteroatoms. The van der Waals surface area contributed by atoms with E-state index in [1.54, 1.807) is 66.4 Å². The second-order valence-electron chi connectivity index (χ2n) is 8.12. The molecular formula is C25H24ClN3O5S. The van der Waals surface area contributed by atoms with Gasteiger partial charge in [-0.3, -0.25) is 9.59 Å². The van der Waals surface area contributed by atoms with E-state index in [4.69, 9.17) is 21.1 Å². The first kappa shape index (κ1) is 24.7. The zero-order chi connectivity index (χ0) is 25.0. The van der Waals surface area contributed by atoms with E-state index in [1.165, 1.54) is 0 Å². The third-order valence-electron chi connectivity index (χ3n) is 5.63. The van der Waals surface area contributed by atoms with E-state index in [0.717, 1.165) is 22.6 Å². The average molecular weight is 514 g/mol. The van der Waals surface area contributed by atoms with E-state index in [9.17, 15) is 14.4 Å². The lowest BCUT2D eigenvalue weighted by Gasteiger charge is -2.30. The number of hydrogen-bond acceptors (Lipinski definition) is 6. The van der Waals surface area contributed by atoms with E-state index in [-0.39, 0.29) is 12.5 Å². The second-order valence-corrected chi connectivity index (χ2v) is 9.80. The molecule has 0 aliphatic carbocycles. The molecule has 8 nitrogen and oxygen atoms in total. The van der Waals surface area contributed by atoms with Crippen molar-refractivity contribution in [3.8, 4) is 5.06 Å². The van der Waals surface area contributed by atoms with Gasteiger partial charge in [0.15, 0.2) is 5.06 Å². The van der Waals surface area contributed by atoms with Crippen molar-refractivity contribution in [1.82, 2.24) is 5.32 Å². The number of carbonyl (C=O) groups excluding carboxylic acids is 3. The van der Waals surface area contributed by atoms with Crippen LogP contribution in [0.1, 0.15) is 18.1 Å². The molecule has 1 unspecified atom stereocenters. The number of carbonyl (C=O) groups is 3. The number of anilines is 2. The van der Waals surface area contributed by atoms with Crippen LogP contribution in [0.4, 0.5) is 16.2 Å². The fourth-order valence-electron chi connectivity index (χ4n) is 3.77. The highest BCUT2D eigenvalue weighted by atomic mass is 35.5. The highest BCUT2D eigenvalue weighted by Crippen LogP contribution is 2.30. The second kappa shape index (κ2) is 10.5. The predicted octanol–water partition coefficient (Wildman–Crippen LogP) is 4.72. The Bertz CT molecular complexity index is 1250. The molecule has 3 amide bonds. The topological polar surface area (TPSA) is 97.0 Å². The molecule has 1 fully saturated rings. The number of halogens is 1. The number of thiophene rings is 1. The maximum Gasteiger partial charge on any atom is 0.414 e. The van der Waals surface area contributed by atoms with Crippen molar-refractivity contribution in [3.05, 3.63) is 76.1 Å². The summed E-state index contributed by atoms with van der Waals surface area (Å²) < 4.78 is 11.0. The van der Waals surface area contributed by atoms with Gasteiger partial charge in [-0.15, -0.1) is 0 Å². The number of morpholine rings is 1. The molecule has 182 valence electrons. The van der Waals surface area contributed by atoms with E-state index in [2.05, 4.69) is 10.6 Å². The molecule has 0 spiro atoms. The van der Waals surface area contributed by atoms with Crippen LogP contribution in [0.3, 0.4) is 0 Å². The van der Waals surface area contributed by atoms with Crippen molar-refractivity contribution in [1.29, 1.82) is 0 Å².